The van der Waals surface area contributed by atoms with Gasteiger partial charge in [-0.3, -0.25) is 0 Å². The van der Waals surface area contributed by atoms with Crippen molar-refractivity contribution in [3.8, 4) is 16.9 Å². The Hall–Kier alpha value is -2.75. The van der Waals surface area contributed by atoms with Gasteiger partial charge in [-0.25, -0.2) is 4.79 Å². The molecule has 2 aromatic carbocycles. The van der Waals surface area contributed by atoms with E-state index in [9.17, 15) is 4.79 Å². The Balaban J connectivity index is 2.07. The van der Waals surface area contributed by atoms with Crippen molar-refractivity contribution in [3.63, 3.8) is 0 Å². The topological polar surface area (TPSA) is 40.5 Å². The van der Waals surface area contributed by atoms with E-state index < -0.39 is 5.60 Å². The largest absolute Gasteiger partial charge is 0.476 e. The molecular weight excluding hydrogens is 326 g/mol. The second-order valence-electron chi connectivity index (χ2n) is 6.90. The van der Waals surface area contributed by atoms with E-state index in [-0.39, 0.29) is 5.97 Å². The first-order chi connectivity index (χ1) is 12.3. The van der Waals surface area contributed by atoms with E-state index in [1.165, 1.54) is 11.3 Å². The number of ether oxygens (including phenoxy) is 2. The molecule has 0 atom stereocenters. The SMILES string of the molecule is CCOC(=O)C(C)(C)Oc1ccc2c(c1)c(-c1ccccc1)c(C)n2C. The van der Waals surface area contributed by atoms with Gasteiger partial charge in [0, 0.05) is 29.2 Å². The molecule has 1 aromatic heterocycles. The van der Waals surface area contributed by atoms with Gasteiger partial charge in [0.25, 0.3) is 0 Å². The van der Waals surface area contributed by atoms with Gasteiger partial charge in [0.1, 0.15) is 5.75 Å². The minimum Gasteiger partial charge on any atom is -0.476 e. The number of esters is 1. The summed E-state index contributed by atoms with van der Waals surface area (Å²) in [5, 5.41) is 1.10. The number of aromatic nitrogens is 1. The van der Waals surface area contributed by atoms with Crippen molar-refractivity contribution < 1.29 is 14.3 Å². The zero-order chi connectivity index (χ0) is 18.9. The van der Waals surface area contributed by atoms with E-state index in [2.05, 4.69) is 30.7 Å². The molecule has 0 aliphatic heterocycles. The molecule has 0 unspecified atom stereocenters. The average molecular weight is 351 g/mol. The van der Waals surface area contributed by atoms with E-state index in [4.69, 9.17) is 9.47 Å². The van der Waals surface area contributed by atoms with Crippen molar-refractivity contribution in [3.05, 3.63) is 54.2 Å². The lowest BCUT2D eigenvalue weighted by molar-refractivity contribution is -0.158. The quantitative estimate of drug-likeness (QED) is 0.616. The molecule has 0 N–H and O–H groups in total. The molecule has 0 radical (unpaired) electrons. The van der Waals surface area contributed by atoms with Gasteiger partial charge in [0.15, 0.2) is 5.60 Å². The van der Waals surface area contributed by atoms with Gasteiger partial charge in [-0.05, 0) is 51.5 Å². The predicted octanol–water partition coefficient (Wildman–Crippen LogP) is 4.87. The minimum atomic E-state index is -1.04. The Morgan fingerprint density at radius 2 is 1.81 bits per heavy atom. The number of hydrogen-bond donors (Lipinski definition) is 0. The van der Waals surface area contributed by atoms with Crippen LogP contribution in [0.5, 0.6) is 5.75 Å². The fourth-order valence-corrected chi connectivity index (χ4v) is 3.23. The van der Waals surface area contributed by atoms with Crippen molar-refractivity contribution in [2.45, 2.75) is 33.3 Å². The van der Waals surface area contributed by atoms with Crippen LogP contribution in [0.4, 0.5) is 0 Å². The Labute approximate surface area is 154 Å². The normalized spacial score (nSPS) is 11.6. The molecule has 0 aliphatic rings. The van der Waals surface area contributed by atoms with Gasteiger partial charge >= 0.3 is 5.97 Å². The van der Waals surface area contributed by atoms with Crippen LogP contribution in [0.25, 0.3) is 22.0 Å². The highest BCUT2D eigenvalue weighted by Gasteiger charge is 2.31. The number of carbonyl (C=O) groups is 1. The second-order valence-corrected chi connectivity index (χ2v) is 6.90. The number of carbonyl (C=O) groups excluding carboxylic acids is 1. The molecule has 3 rings (SSSR count). The first-order valence-electron chi connectivity index (χ1n) is 8.86. The number of nitrogens with zero attached hydrogens (tertiary/aromatic N) is 1. The summed E-state index contributed by atoms with van der Waals surface area (Å²) in [6.45, 7) is 7.69. The maximum absolute atomic E-state index is 12.1. The monoisotopic (exact) mass is 351 g/mol. The van der Waals surface area contributed by atoms with Crippen LogP contribution in [0.2, 0.25) is 0 Å². The first-order valence-corrected chi connectivity index (χ1v) is 8.86. The summed E-state index contributed by atoms with van der Waals surface area (Å²) in [7, 11) is 2.06. The van der Waals surface area contributed by atoms with Crippen LogP contribution >= 0.6 is 0 Å². The zero-order valence-electron chi connectivity index (χ0n) is 16.0. The Bertz CT molecular complexity index is 939. The predicted molar refractivity (Wildman–Crippen MR) is 104 cm³/mol. The molecule has 4 heteroatoms. The molecule has 0 fully saturated rings. The number of rotatable bonds is 5. The lowest BCUT2D eigenvalue weighted by Gasteiger charge is -2.24. The third-order valence-electron chi connectivity index (χ3n) is 4.67. The summed E-state index contributed by atoms with van der Waals surface area (Å²) in [5.41, 5.74) is 3.62. The molecule has 4 nitrogen and oxygen atoms in total. The maximum atomic E-state index is 12.1. The molecule has 3 aromatic rings. The fourth-order valence-electron chi connectivity index (χ4n) is 3.23. The molecule has 0 amide bonds. The number of aryl methyl sites for hydroxylation is 1. The summed E-state index contributed by atoms with van der Waals surface area (Å²) in [4.78, 5) is 12.1. The molecule has 0 spiro atoms. The second kappa shape index (κ2) is 6.87. The van der Waals surface area contributed by atoms with E-state index >= 15 is 0 Å². The van der Waals surface area contributed by atoms with E-state index in [1.807, 2.05) is 36.4 Å². The highest BCUT2D eigenvalue weighted by molar-refractivity contribution is 5.98. The van der Waals surface area contributed by atoms with Crippen molar-refractivity contribution in [2.24, 2.45) is 7.05 Å². The molecule has 0 saturated carbocycles. The van der Waals surface area contributed by atoms with Gasteiger partial charge in [-0.2, -0.15) is 0 Å². The fraction of sp³-hybridized carbons (Fsp3) is 0.318. The zero-order valence-corrected chi connectivity index (χ0v) is 16.0. The maximum Gasteiger partial charge on any atom is 0.349 e. The standard InChI is InChI=1S/C22H25NO3/c1-6-25-21(24)22(3,4)26-17-12-13-19-18(14-17)20(15(2)23(19)5)16-10-8-7-9-11-16/h7-14H,6H2,1-5H3. The van der Waals surface area contributed by atoms with Crippen LogP contribution in [-0.4, -0.2) is 22.7 Å². The Morgan fingerprint density at radius 3 is 2.46 bits per heavy atom. The van der Waals surface area contributed by atoms with E-state index in [0.29, 0.717) is 12.4 Å². The number of benzene rings is 2. The molecular formula is C22H25NO3. The minimum absolute atomic E-state index is 0.334. The number of fused-ring (bicyclic) bond motifs is 1. The smallest absolute Gasteiger partial charge is 0.349 e. The summed E-state index contributed by atoms with van der Waals surface area (Å²) < 4.78 is 13.3. The molecule has 0 aliphatic carbocycles. The lowest BCUT2D eigenvalue weighted by atomic mass is 10.0. The van der Waals surface area contributed by atoms with Crippen molar-refractivity contribution in [2.75, 3.05) is 6.61 Å². The highest BCUT2D eigenvalue weighted by Crippen LogP contribution is 2.36. The summed E-state index contributed by atoms with van der Waals surface area (Å²) in [6, 6.07) is 16.3. The third-order valence-corrected chi connectivity index (χ3v) is 4.67. The van der Waals surface area contributed by atoms with Gasteiger partial charge in [0.2, 0.25) is 0 Å². The van der Waals surface area contributed by atoms with E-state index in [1.54, 1.807) is 20.8 Å². The summed E-state index contributed by atoms with van der Waals surface area (Å²) >= 11 is 0. The third kappa shape index (κ3) is 3.19. The van der Waals surface area contributed by atoms with Crippen LogP contribution in [0.3, 0.4) is 0 Å². The van der Waals surface area contributed by atoms with Crippen molar-refractivity contribution in [1.82, 2.24) is 4.57 Å². The molecule has 136 valence electrons. The molecule has 0 saturated heterocycles. The number of hydrogen-bond acceptors (Lipinski definition) is 3. The van der Waals surface area contributed by atoms with Gasteiger partial charge in [0.05, 0.1) is 6.61 Å². The summed E-state index contributed by atoms with van der Waals surface area (Å²) in [6.07, 6.45) is 0. The van der Waals surface area contributed by atoms with Crippen molar-refractivity contribution in [1.29, 1.82) is 0 Å². The van der Waals surface area contributed by atoms with Crippen molar-refractivity contribution >= 4 is 16.9 Å². The molecule has 0 bridgehead atoms. The molecule has 1 heterocycles. The van der Waals surface area contributed by atoms with Gasteiger partial charge in [-0.1, -0.05) is 30.3 Å². The average Bonchev–Trinajstić information content (AvgIpc) is 2.86. The lowest BCUT2D eigenvalue weighted by Crippen LogP contribution is -2.39. The van der Waals surface area contributed by atoms with Crippen LogP contribution in [0, 0.1) is 6.92 Å². The van der Waals surface area contributed by atoms with Crippen LogP contribution in [0.15, 0.2) is 48.5 Å². The van der Waals surface area contributed by atoms with Crippen LogP contribution in [-0.2, 0) is 16.6 Å². The highest BCUT2D eigenvalue weighted by atomic mass is 16.6. The summed E-state index contributed by atoms with van der Waals surface area (Å²) in [5.74, 6) is 0.283. The van der Waals surface area contributed by atoms with Gasteiger partial charge in [-0.15, -0.1) is 0 Å². The van der Waals surface area contributed by atoms with Crippen LogP contribution in [0.1, 0.15) is 26.5 Å². The van der Waals surface area contributed by atoms with Gasteiger partial charge < -0.3 is 14.0 Å². The van der Waals surface area contributed by atoms with E-state index in [0.717, 1.165) is 16.5 Å². The Morgan fingerprint density at radius 1 is 1.12 bits per heavy atom. The first kappa shape index (κ1) is 18.1. The Kier molecular flexibility index (Phi) is 4.77. The molecule has 26 heavy (non-hydrogen) atoms. The van der Waals surface area contributed by atoms with Crippen LogP contribution < -0.4 is 4.74 Å².